The number of ketones is 1. The maximum atomic E-state index is 12.3. The summed E-state index contributed by atoms with van der Waals surface area (Å²) in [6, 6.07) is 0. The number of carbonyl (C=O) groups is 1. The van der Waals surface area contributed by atoms with Crippen LogP contribution in [0, 0.1) is 5.41 Å². The summed E-state index contributed by atoms with van der Waals surface area (Å²) in [6.45, 7) is 6.89. The number of hydrogen-bond donors (Lipinski definition) is 1. The summed E-state index contributed by atoms with van der Waals surface area (Å²) in [4.78, 5) is 16.6. The van der Waals surface area contributed by atoms with Crippen LogP contribution in [0.2, 0.25) is 0 Å². The molecule has 1 aliphatic rings. The first-order chi connectivity index (χ1) is 8.15. The van der Waals surface area contributed by atoms with Crippen molar-refractivity contribution in [2.45, 2.75) is 39.7 Å². The zero-order valence-corrected chi connectivity index (χ0v) is 10.7. The molecule has 94 valence electrons. The van der Waals surface area contributed by atoms with Crippen LogP contribution in [-0.4, -0.2) is 28.4 Å². The molecule has 1 unspecified atom stereocenters. The van der Waals surface area contributed by atoms with Gasteiger partial charge < -0.3 is 9.88 Å². The Morgan fingerprint density at radius 3 is 3.12 bits per heavy atom. The van der Waals surface area contributed by atoms with E-state index in [9.17, 15) is 4.79 Å². The third-order valence-electron chi connectivity index (χ3n) is 3.63. The Morgan fingerprint density at radius 1 is 1.65 bits per heavy atom. The van der Waals surface area contributed by atoms with E-state index < -0.39 is 0 Å². The van der Waals surface area contributed by atoms with E-state index in [1.54, 1.807) is 6.20 Å². The average Bonchev–Trinajstić information content (AvgIpc) is 2.90. The molecule has 1 atom stereocenters. The van der Waals surface area contributed by atoms with Crippen LogP contribution >= 0.6 is 0 Å². The molecule has 1 aromatic rings. The minimum absolute atomic E-state index is 0.191. The van der Waals surface area contributed by atoms with Gasteiger partial charge in [-0.15, -0.1) is 0 Å². The van der Waals surface area contributed by atoms with E-state index in [1.165, 1.54) is 0 Å². The van der Waals surface area contributed by atoms with E-state index in [4.69, 9.17) is 0 Å². The number of nitrogens with one attached hydrogen (secondary N) is 1. The van der Waals surface area contributed by atoms with Crippen molar-refractivity contribution < 1.29 is 4.79 Å². The normalized spacial score (nSPS) is 24.1. The molecule has 17 heavy (non-hydrogen) atoms. The average molecular weight is 235 g/mol. The molecule has 0 saturated carbocycles. The van der Waals surface area contributed by atoms with E-state index >= 15 is 0 Å². The SMILES string of the molecule is CCCn1ccnc1CC(=O)C1(C)CCNC1. The third kappa shape index (κ3) is 2.57. The van der Waals surface area contributed by atoms with Gasteiger partial charge in [0.1, 0.15) is 11.6 Å². The fourth-order valence-electron chi connectivity index (χ4n) is 2.36. The van der Waals surface area contributed by atoms with Crippen LogP contribution in [0.5, 0.6) is 0 Å². The summed E-state index contributed by atoms with van der Waals surface area (Å²) in [5, 5.41) is 3.27. The summed E-state index contributed by atoms with van der Waals surface area (Å²) in [7, 11) is 0. The number of Topliss-reactive ketones (excluding diaryl/α,β-unsaturated/α-hetero) is 1. The van der Waals surface area contributed by atoms with E-state index in [2.05, 4.69) is 28.7 Å². The molecule has 1 aliphatic heterocycles. The maximum Gasteiger partial charge on any atom is 0.147 e. The monoisotopic (exact) mass is 235 g/mol. The molecule has 1 saturated heterocycles. The Labute approximate surface area is 102 Å². The zero-order chi connectivity index (χ0) is 12.3. The second-order valence-corrected chi connectivity index (χ2v) is 5.12. The van der Waals surface area contributed by atoms with Gasteiger partial charge in [-0.1, -0.05) is 13.8 Å². The minimum Gasteiger partial charge on any atom is -0.335 e. The highest BCUT2D eigenvalue weighted by atomic mass is 16.1. The lowest BCUT2D eigenvalue weighted by Gasteiger charge is -2.20. The van der Waals surface area contributed by atoms with Gasteiger partial charge in [0.15, 0.2) is 0 Å². The summed E-state index contributed by atoms with van der Waals surface area (Å²) in [6.07, 6.45) is 6.22. The number of aryl methyl sites for hydroxylation is 1. The molecule has 0 aromatic carbocycles. The first kappa shape index (κ1) is 12.3. The quantitative estimate of drug-likeness (QED) is 0.839. The Kier molecular flexibility index (Phi) is 3.62. The van der Waals surface area contributed by atoms with E-state index in [1.807, 2.05) is 6.20 Å². The van der Waals surface area contributed by atoms with Crippen LogP contribution in [0.3, 0.4) is 0 Å². The second kappa shape index (κ2) is 5.00. The lowest BCUT2D eigenvalue weighted by atomic mass is 9.83. The summed E-state index contributed by atoms with van der Waals surface area (Å²) in [5.41, 5.74) is -0.191. The molecule has 4 nitrogen and oxygen atoms in total. The lowest BCUT2D eigenvalue weighted by molar-refractivity contribution is -0.126. The predicted molar refractivity (Wildman–Crippen MR) is 66.8 cm³/mol. The topological polar surface area (TPSA) is 46.9 Å². The number of nitrogens with zero attached hydrogens (tertiary/aromatic N) is 2. The van der Waals surface area contributed by atoms with Crippen LogP contribution in [0.4, 0.5) is 0 Å². The highest BCUT2D eigenvalue weighted by molar-refractivity contribution is 5.86. The van der Waals surface area contributed by atoms with Crippen molar-refractivity contribution in [2.24, 2.45) is 5.41 Å². The van der Waals surface area contributed by atoms with Crippen molar-refractivity contribution in [3.05, 3.63) is 18.2 Å². The smallest absolute Gasteiger partial charge is 0.147 e. The van der Waals surface area contributed by atoms with Gasteiger partial charge in [0.2, 0.25) is 0 Å². The zero-order valence-electron chi connectivity index (χ0n) is 10.7. The van der Waals surface area contributed by atoms with Gasteiger partial charge in [-0.2, -0.15) is 0 Å². The van der Waals surface area contributed by atoms with Gasteiger partial charge in [0.25, 0.3) is 0 Å². The molecular weight excluding hydrogens is 214 g/mol. The van der Waals surface area contributed by atoms with E-state index in [0.717, 1.165) is 38.3 Å². The number of hydrogen-bond acceptors (Lipinski definition) is 3. The molecule has 2 heterocycles. The lowest BCUT2D eigenvalue weighted by Crippen LogP contribution is -2.32. The first-order valence-corrected chi connectivity index (χ1v) is 6.40. The van der Waals surface area contributed by atoms with Crippen LogP contribution in [0.25, 0.3) is 0 Å². The predicted octanol–water partition coefficient (Wildman–Crippen LogP) is 1.40. The Morgan fingerprint density at radius 2 is 2.47 bits per heavy atom. The molecule has 0 radical (unpaired) electrons. The maximum absolute atomic E-state index is 12.3. The van der Waals surface area contributed by atoms with Crippen molar-refractivity contribution in [2.75, 3.05) is 13.1 Å². The molecule has 0 bridgehead atoms. The van der Waals surface area contributed by atoms with Crippen LogP contribution in [0.1, 0.15) is 32.5 Å². The first-order valence-electron chi connectivity index (χ1n) is 6.40. The van der Waals surface area contributed by atoms with Crippen molar-refractivity contribution >= 4 is 5.78 Å². The largest absolute Gasteiger partial charge is 0.335 e. The highest BCUT2D eigenvalue weighted by Crippen LogP contribution is 2.26. The van der Waals surface area contributed by atoms with Crippen molar-refractivity contribution in [3.63, 3.8) is 0 Å². The number of carbonyl (C=O) groups excluding carboxylic acids is 1. The molecule has 0 spiro atoms. The van der Waals surface area contributed by atoms with Crippen LogP contribution in [0.15, 0.2) is 12.4 Å². The molecular formula is C13H21N3O. The summed E-state index contributed by atoms with van der Waals surface area (Å²) >= 11 is 0. The van der Waals surface area contributed by atoms with Gasteiger partial charge in [-0.05, 0) is 19.4 Å². The molecule has 0 amide bonds. The van der Waals surface area contributed by atoms with Crippen molar-refractivity contribution in [1.29, 1.82) is 0 Å². The minimum atomic E-state index is -0.191. The van der Waals surface area contributed by atoms with Gasteiger partial charge >= 0.3 is 0 Å². The number of aromatic nitrogens is 2. The Balaban J connectivity index is 2.04. The summed E-state index contributed by atoms with van der Waals surface area (Å²) in [5.74, 6) is 1.22. The fraction of sp³-hybridized carbons (Fsp3) is 0.692. The molecule has 2 rings (SSSR count). The van der Waals surface area contributed by atoms with Crippen LogP contribution in [-0.2, 0) is 17.8 Å². The summed E-state index contributed by atoms with van der Waals surface area (Å²) < 4.78 is 2.09. The standard InChI is InChI=1S/C13H21N3O/c1-3-7-16-8-6-15-12(16)9-11(17)13(2)4-5-14-10-13/h6,8,14H,3-5,7,9-10H2,1-2H3. The van der Waals surface area contributed by atoms with Crippen molar-refractivity contribution in [3.8, 4) is 0 Å². The van der Waals surface area contributed by atoms with Gasteiger partial charge in [-0.25, -0.2) is 4.98 Å². The molecule has 0 aliphatic carbocycles. The highest BCUT2D eigenvalue weighted by Gasteiger charge is 2.36. The van der Waals surface area contributed by atoms with E-state index in [0.29, 0.717) is 12.2 Å². The van der Waals surface area contributed by atoms with Gasteiger partial charge in [0.05, 0.1) is 6.42 Å². The molecule has 1 N–H and O–H groups in total. The van der Waals surface area contributed by atoms with Gasteiger partial charge in [0, 0.05) is 30.9 Å². The number of imidazole rings is 1. The second-order valence-electron chi connectivity index (χ2n) is 5.12. The molecule has 4 heteroatoms. The third-order valence-corrected chi connectivity index (χ3v) is 3.63. The Hall–Kier alpha value is -1.16. The van der Waals surface area contributed by atoms with Crippen molar-refractivity contribution in [1.82, 2.24) is 14.9 Å². The van der Waals surface area contributed by atoms with Gasteiger partial charge in [-0.3, -0.25) is 4.79 Å². The Bertz CT molecular complexity index is 391. The van der Waals surface area contributed by atoms with Crippen LogP contribution < -0.4 is 5.32 Å². The number of rotatable bonds is 5. The molecule has 1 aromatic heterocycles. The molecule has 1 fully saturated rings. The van der Waals surface area contributed by atoms with E-state index in [-0.39, 0.29) is 5.41 Å². The fourth-order valence-corrected chi connectivity index (χ4v) is 2.36.